The summed E-state index contributed by atoms with van der Waals surface area (Å²) >= 11 is 5.94. The van der Waals surface area contributed by atoms with Crippen molar-refractivity contribution >= 4 is 23.5 Å². The van der Waals surface area contributed by atoms with Gasteiger partial charge < -0.3 is 24.3 Å². The Bertz CT molecular complexity index is 826. The predicted octanol–water partition coefficient (Wildman–Crippen LogP) is 3.16. The molecule has 28 heavy (non-hydrogen) atoms. The lowest BCUT2D eigenvalue weighted by Gasteiger charge is -2.18. The van der Waals surface area contributed by atoms with Crippen molar-refractivity contribution in [2.24, 2.45) is 0 Å². The van der Waals surface area contributed by atoms with E-state index in [1.165, 1.54) is 0 Å². The molecule has 2 rings (SSSR count). The first kappa shape index (κ1) is 21.4. The summed E-state index contributed by atoms with van der Waals surface area (Å²) < 4.78 is 20.7. The Morgan fingerprint density at radius 1 is 1.04 bits per heavy atom. The minimum absolute atomic E-state index is 0.351. The van der Waals surface area contributed by atoms with Gasteiger partial charge in [-0.25, -0.2) is 4.79 Å². The van der Waals surface area contributed by atoms with Gasteiger partial charge in [-0.05, 0) is 37.3 Å². The van der Waals surface area contributed by atoms with Gasteiger partial charge in [-0.1, -0.05) is 23.7 Å². The molecule has 2 aromatic carbocycles. The van der Waals surface area contributed by atoms with Gasteiger partial charge in [-0.3, -0.25) is 4.79 Å². The molecule has 0 spiro atoms. The van der Waals surface area contributed by atoms with Gasteiger partial charge in [0.05, 0.1) is 25.3 Å². The van der Waals surface area contributed by atoms with E-state index in [0.29, 0.717) is 22.3 Å². The Kier molecular flexibility index (Phi) is 7.95. The number of nitrogens with one attached hydrogen (secondary N) is 1. The predicted molar refractivity (Wildman–Crippen MR) is 104 cm³/mol. The smallest absolute Gasteiger partial charge is 0.344 e. The number of hydrogen-bond donors (Lipinski definition) is 1. The molecule has 150 valence electrons. The number of carbonyl (C=O) groups excluding carboxylic acids is 2. The molecule has 1 atom stereocenters. The van der Waals surface area contributed by atoms with Crippen molar-refractivity contribution < 1.29 is 28.5 Å². The molecule has 0 fully saturated rings. The molecule has 1 unspecified atom stereocenters. The van der Waals surface area contributed by atoms with E-state index in [1.807, 2.05) is 0 Å². The lowest BCUT2D eigenvalue weighted by Crippen LogP contribution is -2.32. The monoisotopic (exact) mass is 407 g/mol. The van der Waals surface area contributed by atoms with Crippen LogP contribution in [0.2, 0.25) is 5.02 Å². The van der Waals surface area contributed by atoms with Crippen LogP contribution in [0.3, 0.4) is 0 Å². The Morgan fingerprint density at radius 2 is 1.79 bits per heavy atom. The number of ether oxygens (including phenoxy) is 4. The molecule has 1 N–H and O–H groups in total. The average Bonchev–Trinajstić information content (AvgIpc) is 2.71. The zero-order chi connectivity index (χ0) is 20.5. The summed E-state index contributed by atoms with van der Waals surface area (Å²) in [5, 5.41) is 3.13. The standard InChI is InChI=1S/C20H22ClNO6/c1-13(15-10-14(25-2)8-9-17(15)26-3)22-19(23)11-28-20(24)12-27-18-7-5-4-6-16(18)21/h4-10,13H,11-12H2,1-3H3,(H,22,23). The van der Waals surface area contributed by atoms with Gasteiger partial charge in [-0.2, -0.15) is 0 Å². The summed E-state index contributed by atoms with van der Waals surface area (Å²) in [6.07, 6.45) is 0. The molecule has 0 aliphatic carbocycles. The number of carbonyl (C=O) groups is 2. The van der Waals surface area contributed by atoms with E-state index in [-0.39, 0.29) is 12.6 Å². The fraction of sp³-hybridized carbons (Fsp3) is 0.300. The fourth-order valence-electron chi connectivity index (χ4n) is 2.42. The van der Waals surface area contributed by atoms with E-state index in [4.69, 9.17) is 30.5 Å². The van der Waals surface area contributed by atoms with Gasteiger partial charge in [-0.15, -0.1) is 0 Å². The van der Waals surface area contributed by atoms with Crippen molar-refractivity contribution in [1.29, 1.82) is 0 Å². The highest BCUT2D eigenvalue weighted by Crippen LogP contribution is 2.29. The second-order valence-electron chi connectivity index (χ2n) is 5.78. The van der Waals surface area contributed by atoms with Gasteiger partial charge in [0, 0.05) is 5.56 Å². The highest BCUT2D eigenvalue weighted by atomic mass is 35.5. The first-order valence-corrected chi connectivity index (χ1v) is 8.86. The number of amides is 1. The quantitative estimate of drug-likeness (QED) is 0.643. The normalized spacial score (nSPS) is 11.3. The van der Waals surface area contributed by atoms with Gasteiger partial charge in [0.25, 0.3) is 5.91 Å². The summed E-state index contributed by atoms with van der Waals surface area (Å²) in [6, 6.07) is 11.7. The first-order chi connectivity index (χ1) is 13.4. The van der Waals surface area contributed by atoms with Crippen LogP contribution in [0.25, 0.3) is 0 Å². The second kappa shape index (κ2) is 10.4. The maximum absolute atomic E-state index is 12.1. The van der Waals surface area contributed by atoms with Crippen LogP contribution in [0, 0.1) is 0 Å². The van der Waals surface area contributed by atoms with E-state index >= 15 is 0 Å². The highest BCUT2D eigenvalue weighted by molar-refractivity contribution is 6.32. The molecule has 2 aromatic rings. The van der Waals surface area contributed by atoms with Crippen LogP contribution in [0.1, 0.15) is 18.5 Å². The third kappa shape index (κ3) is 6.06. The number of halogens is 1. The van der Waals surface area contributed by atoms with E-state index in [1.54, 1.807) is 63.6 Å². The molecular formula is C20H22ClNO6. The van der Waals surface area contributed by atoms with Crippen LogP contribution in [0.4, 0.5) is 0 Å². The van der Waals surface area contributed by atoms with Gasteiger partial charge in [0.15, 0.2) is 13.2 Å². The molecule has 0 bridgehead atoms. The number of methoxy groups -OCH3 is 2. The lowest BCUT2D eigenvalue weighted by atomic mass is 10.1. The van der Waals surface area contributed by atoms with Crippen molar-refractivity contribution in [3.8, 4) is 17.2 Å². The largest absolute Gasteiger partial charge is 0.497 e. The molecule has 8 heteroatoms. The molecule has 0 saturated carbocycles. The van der Waals surface area contributed by atoms with Crippen molar-refractivity contribution in [3.05, 3.63) is 53.1 Å². The van der Waals surface area contributed by atoms with E-state index in [9.17, 15) is 9.59 Å². The summed E-state index contributed by atoms with van der Waals surface area (Å²) in [5.74, 6) is 0.480. The Labute approximate surface area is 168 Å². The number of hydrogen-bond acceptors (Lipinski definition) is 6. The van der Waals surface area contributed by atoms with Crippen molar-refractivity contribution in [2.75, 3.05) is 27.4 Å². The number of para-hydroxylation sites is 1. The maximum Gasteiger partial charge on any atom is 0.344 e. The molecule has 0 aliphatic rings. The minimum atomic E-state index is -0.679. The summed E-state index contributed by atoms with van der Waals surface area (Å²) in [7, 11) is 3.10. The topological polar surface area (TPSA) is 83.1 Å². The van der Waals surface area contributed by atoms with Crippen LogP contribution in [0.5, 0.6) is 17.2 Å². The molecule has 0 saturated heterocycles. The number of esters is 1. The highest BCUT2D eigenvalue weighted by Gasteiger charge is 2.16. The summed E-state index contributed by atoms with van der Waals surface area (Å²) in [5.41, 5.74) is 0.739. The molecule has 7 nitrogen and oxygen atoms in total. The molecule has 0 radical (unpaired) electrons. The zero-order valence-corrected chi connectivity index (χ0v) is 16.6. The molecule has 0 aromatic heterocycles. The van der Waals surface area contributed by atoms with Crippen LogP contribution in [-0.2, 0) is 14.3 Å². The SMILES string of the molecule is COc1ccc(OC)c(C(C)NC(=O)COC(=O)COc2ccccc2Cl)c1. The molecule has 0 aliphatic heterocycles. The number of benzene rings is 2. The van der Waals surface area contributed by atoms with Gasteiger partial charge in [0.2, 0.25) is 0 Å². The zero-order valence-electron chi connectivity index (χ0n) is 15.9. The van der Waals surface area contributed by atoms with E-state index in [2.05, 4.69) is 5.32 Å². The van der Waals surface area contributed by atoms with Gasteiger partial charge >= 0.3 is 5.97 Å². The van der Waals surface area contributed by atoms with Crippen molar-refractivity contribution in [1.82, 2.24) is 5.32 Å². The third-order valence-corrected chi connectivity index (χ3v) is 4.14. The second-order valence-corrected chi connectivity index (χ2v) is 6.18. The number of rotatable bonds is 9. The van der Waals surface area contributed by atoms with E-state index in [0.717, 1.165) is 5.56 Å². The third-order valence-electron chi connectivity index (χ3n) is 3.83. The van der Waals surface area contributed by atoms with Crippen LogP contribution in [-0.4, -0.2) is 39.3 Å². The maximum atomic E-state index is 12.1. The lowest BCUT2D eigenvalue weighted by molar-refractivity contribution is -0.150. The Balaban J connectivity index is 1.83. The summed E-state index contributed by atoms with van der Waals surface area (Å²) in [4.78, 5) is 23.9. The minimum Gasteiger partial charge on any atom is -0.497 e. The van der Waals surface area contributed by atoms with Crippen LogP contribution < -0.4 is 19.5 Å². The summed E-state index contributed by atoms with van der Waals surface area (Å²) in [6.45, 7) is 1.01. The Morgan fingerprint density at radius 3 is 2.46 bits per heavy atom. The van der Waals surface area contributed by atoms with E-state index < -0.39 is 18.5 Å². The van der Waals surface area contributed by atoms with Crippen molar-refractivity contribution in [3.63, 3.8) is 0 Å². The van der Waals surface area contributed by atoms with Crippen LogP contribution >= 0.6 is 11.6 Å². The molecular weight excluding hydrogens is 386 g/mol. The average molecular weight is 408 g/mol. The Hall–Kier alpha value is -2.93. The first-order valence-electron chi connectivity index (χ1n) is 8.48. The van der Waals surface area contributed by atoms with Crippen LogP contribution in [0.15, 0.2) is 42.5 Å². The molecule has 1 amide bonds. The van der Waals surface area contributed by atoms with Crippen molar-refractivity contribution in [2.45, 2.75) is 13.0 Å². The molecule has 0 heterocycles. The fourth-order valence-corrected chi connectivity index (χ4v) is 2.62. The van der Waals surface area contributed by atoms with Gasteiger partial charge in [0.1, 0.15) is 17.2 Å².